The molecule has 2 aromatic rings. The summed E-state index contributed by atoms with van der Waals surface area (Å²) in [6.07, 6.45) is 3.43. The van der Waals surface area contributed by atoms with Crippen molar-refractivity contribution in [3.05, 3.63) is 29.8 Å². The minimum Gasteiger partial charge on any atom is -0.461 e. The van der Waals surface area contributed by atoms with E-state index < -0.39 is 0 Å². The molecule has 5 heteroatoms. The summed E-state index contributed by atoms with van der Waals surface area (Å²) in [5.74, 6) is 0.326. The third-order valence-corrected chi connectivity index (χ3v) is 2.45. The van der Waals surface area contributed by atoms with Crippen LogP contribution < -0.4 is 0 Å². The van der Waals surface area contributed by atoms with Crippen LogP contribution in [-0.2, 0) is 4.74 Å². The Balaban J connectivity index is 2.63. The second-order valence-electron chi connectivity index (χ2n) is 4.01. The molecular formula is C12H15N3O2. The number of esters is 1. The lowest BCUT2D eigenvalue weighted by Gasteiger charge is -2.05. The van der Waals surface area contributed by atoms with Crippen LogP contribution in [0.3, 0.4) is 0 Å². The predicted molar refractivity (Wildman–Crippen MR) is 63.0 cm³/mol. The lowest BCUT2D eigenvalue weighted by molar-refractivity contribution is 0.0516. The van der Waals surface area contributed by atoms with Gasteiger partial charge in [0.25, 0.3) is 0 Å². The quantitative estimate of drug-likeness (QED) is 0.761. The van der Waals surface area contributed by atoms with Gasteiger partial charge in [0, 0.05) is 12.4 Å². The van der Waals surface area contributed by atoms with Gasteiger partial charge in [-0.25, -0.2) is 14.8 Å². The zero-order valence-corrected chi connectivity index (χ0v) is 10.2. The van der Waals surface area contributed by atoms with Crippen LogP contribution in [0.2, 0.25) is 0 Å². The number of aromatic nitrogens is 3. The Hall–Kier alpha value is -1.91. The lowest BCUT2D eigenvalue weighted by Crippen LogP contribution is -2.11. The lowest BCUT2D eigenvalue weighted by atomic mass is 10.1. The Morgan fingerprint density at radius 3 is 2.94 bits per heavy atom. The van der Waals surface area contributed by atoms with Crippen LogP contribution in [0.4, 0.5) is 0 Å². The molecule has 0 aliphatic carbocycles. The molecule has 0 fully saturated rings. The van der Waals surface area contributed by atoms with Crippen molar-refractivity contribution in [1.82, 2.24) is 14.4 Å². The van der Waals surface area contributed by atoms with Crippen molar-refractivity contribution in [1.29, 1.82) is 0 Å². The van der Waals surface area contributed by atoms with Crippen LogP contribution in [-0.4, -0.2) is 26.9 Å². The van der Waals surface area contributed by atoms with E-state index >= 15 is 0 Å². The van der Waals surface area contributed by atoms with Crippen LogP contribution >= 0.6 is 0 Å². The van der Waals surface area contributed by atoms with E-state index in [9.17, 15) is 4.79 Å². The monoisotopic (exact) mass is 233 g/mol. The van der Waals surface area contributed by atoms with Crippen molar-refractivity contribution in [2.75, 3.05) is 6.61 Å². The number of carbonyl (C=O) groups excluding carboxylic acids is 1. The van der Waals surface area contributed by atoms with Crippen LogP contribution in [0.15, 0.2) is 18.5 Å². The largest absolute Gasteiger partial charge is 0.461 e. The molecule has 0 N–H and O–H groups in total. The summed E-state index contributed by atoms with van der Waals surface area (Å²) in [5, 5.41) is 0. The third-order valence-electron chi connectivity index (χ3n) is 2.45. The average Bonchev–Trinajstić information content (AvgIpc) is 2.68. The van der Waals surface area contributed by atoms with E-state index in [4.69, 9.17) is 4.74 Å². The number of rotatable bonds is 3. The summed E-state index contributed by atoms with van der Waals surface area (Å²) in [7, 11) is 0. The van der Waals surface area contributed by atoms with E-state index in [-0.39, 0.29) is 11.9 Å². The van der Waals surface area contributed by atoms with Gasteiger partial charge in [-0.05, 0) is 18.9 Å². The fraction of sp³-hybridized carbons (Fsp3) is 0.417. The summed E-state index contributed by atoms with van der Waals surface area (Å²) < 4.78 is 6.73. The minimum absolute atomic E-state index is 0.149. The van der Waals surface area contributed by atoms with Gasteiger partial charge in [-0.15, -0.1) is 0 Å². The second kappa shape index (κ2) is 4.53. The number of ether oxygens (including phenoxy) is 1. The number of hydrogen-bond donors (Lipinski definition) is 0. The second-order valence-corrected chi connectivity index (χ2v) is 4.01. The van der Waals surface area contributed by atoms with Gasteiger partial charge in [0.15, 0.2) is 5.69 Å². The summed E-state index contributed by atoms with van der Waals surface area (Å²) >= 11 is 0. The highest BCUT2D eigenvalue weighted by atomic mass is 16.5. The van der Waals surface area contributed by atoms with E-state index in [0.717, 1.165) is 5.69 Å². The highest BCUT2D eigenvalue weighted by Gasteiger charge is 2.22. The number of nitrogens with zero attached hydrogens (tertiary/aromatic N) is 3. The average molecular weight is 233 g/mol. The highest BCUT2D eigenvalue weighted by Crippen LogP contribution is 2.20. The van der Waals surface area contributed by atoms with E-state index in [1.165, 1.54) is 0 Å². The molecule has 0 saturated heterocycles. The van der Waals surface area contributed by atoms with Gasteiger partial charge < -0.3 is 4.74 Å². The highest BCUT2D eigenvalue weighted by molar-refractivity contribution is 5.90. The Morgan fingerprint density at radius 2 is 2.29 bits per heavy atom. The zero-order valence-electron chi connectivity index (χ0n) is 10.2. The van der Waals surface area contributed by atoms with E-state index in [0.29, 0.717) is 18.1 Å². The zero-order chi connectivity index (χ0) is 12.4. The molecule has 0 amide bonds. The van der Waals surface area contributed by atoms with Crippen LogP contribution in [0.25, 0.3) is 5.78 Å². The van der Waals surface area contributed by atoms with E-state index in [2.05, 4.69) is 9.97 Å². The molecule has 90 valence electrons. The Bertz CT molecular complexity index is 546. The molecule has 0 bridgehead atoms. The molecule has 0 aromatic carbocycles. The maximum absolute atomic E-state index is 11.9. The van der Waals surface area contributed by atoms with Crippen LogP contribution in [0, 0.1) is 0 Å². The summed E-state index contributed by atoms with van der Waals surface area (Å²) in [5.41, 5.74) is 1.20. The van der Waals surface area contributed by atoms with Gasteiger partial charge in [-0.2, -0.15) is 0 Å². The molecule has 0 unspecified atom stereocenters. The smallest absolute Gasteiger partial charge is 0.357 e. The van der Waals surface area contributed by atoms with Crippen LogP contribution in [0.5, 0.6) is 0 Å². The Kier molecular flexibility index (Phi) is 3.08. The molecule has 2 aromatic heterocycles. The number of carbonyl (C=O) groups is 1. The maximum Gasteiger partial charge on any atom is 0.357 e. The molecule has 0 atom stereocenters. The summed E-state index contributed by atoms with van der Waals surface area (Å²) in [6.45, 7) is 6.12. The van der Waals surface area contributed by atoms with Gasteiger partial charge >= 0.3 is 5.97 Å². The van der Waals surface area contributed by atoms with Crippen molar-refractivity contribution < 1.29 is 9.53 Å². The first-order chi connectivity index (χ1) is 8.15. The Labute approximate surface area is 99.5 Å². The van der Waals surface area contributed by atoms with E-state index in [1.807, 2.05) is 13.8 Å². The number of hydrogen-bond acceptors (Lipinski definition) is 4. The van der Waals surface area contributed by atoms with Crippen molar-refractivity contribution in [2.45, 2.75) is 26.7 Å². The first kappa shape index (κ1) is 11.6. The maximum atomic E-state index is 11.9. The molecule has 2 heterocycles. The fourth-order valence-corrected chi connectivity index (χ4v) is 1.71. The van der Waals surface area contributed by atoms with E-state index in [1.54, 1.807) is 29.8 Å². The molecule has 0 radical (unpaired) electrons. The Morgan fingerprint density at radius 1 is 1.53 bits per heavy atom. The molecule has 0 aliphatic heterocycles. The topological polar surface area (TPSA) is 56.5 Å². The number of imidazole rings is 1. The van der Waals surface area contributed by atoms with Crippen molar-refractivity contribution in [3.8, 4) is 0 Å². The van der Waals surface area contributed by atoms with Crippen molar-refractivity contribution in [3.63, 3.8) is 0 Å². The first-order valence-electron chi connectivity index (χ1n) is 5.65. The normalized spacial score (nSPS) is 11.1. The minimum atomic E-state index is -0.350. The number of fused-ring (bicyclic) bond motifs is 1. The summed E-state index contributed by atoms with van der Waals surface area (Å²) in [4.78, 5) is 20.4. The van der Waals surface area contributed by atoms with Gasteiger partial charge in [-0.1, -0.05) is 13.8 Å². The molecule has 0 aliphatic rings. The van der Waals surface area contributed by atoms with Crippen molar-refractivity contribution in [2.24, 2.45) is 0 Å². The van der Waals surface area contributed by atoms with Gasteiger partial charge in [-0.3, -0.25) is 4.40 Å². The molecule has 2 rings (SSSR count). The predicted octanol–water partition coefficient (Wildman–Crippen LogP) is 2.03. The SMILES string of the molecule is CCOC(=O)c1c(C(C)C)nc2ncccn12. The van der Waals surface area contributed by atoms with Crippen LogP contribution in [0.1, 0.15) is 42.9 Å². The fourth-order valence-electron chi connectivity index (χ4n) is 1.71. The van der Waals surface area contributed by atoms with Crippen molar-refractivity contribution >= 4 is 11.7 Å². The summed E-state index contributed by atoms with van der Waals surface area (Å²) in [6, 6.07) is 1.77. The molecule has 5 nitrogen and oxygen atoms in total. The third kappa shape index (κ3) is 2.00. The first-order valence-corrected chi connectivity index (χ1v) is 5.65. The van der Waals surface area contributed by atoms with Gasteiger partial charge in [0.1, 0.15) is 0 Å². The van der Waals surface area contributed by atoms with Gasteiger partial charge in [0.2, 0.25) is 5.78 Å². The molecular weight excluding hydrogens is 218 g/mol. The molecule has 17 heavy (non-hydrogen) atoms. The molecule has 0 spiro atoms. The standard InChI is InChI=1S/C12H15N3O2/c1-4-17-11(16)10-9(8(2)3)14-12-13-6-5-7-15(10)12/h5-8H,4H2,1-3H3. The van der Waals surface area contributed by atoms with Gasteiger partial charge in [0.05, 0.1) is 12.3 Å². The molecule has 0 saturated carbocycles.